The van der Waals surface area contributed by atoms with E-state index >= 15 is 0 Å². The van der Waals surface area contributed by atoms with Gasteiger partial charge in [0.2, 0.25) is 0 Å². The molecule has 3 fully saturated rings. The summed E-state index contributed by atoms with van der Waals surface area (Å²) in [5.41, 5.74) is 0. The van der Waals surface area contributed by atoms with Crippen molar-refractivity contribution in [2.45, 2.75) is 55.7 Å². The first-order valence-electron chi connectivity index (χ1n) is 6.01. The molecular weight excluding hydrogens is 240 g/mol. The molecule has 1 aliphatic carbocycles. The van der Waals surface area contributed by atoms with Gasteiger partial charge in [0.05, 0.1) is 11.1 Å². The van der Waals surface area contributed by atoms with Gasteiger partial charge in [-0.05, 0) is 37.5 Å². The maximum atomic E-state index is 3.78. The summed E-state index contributed by atoms with van der Waals surface area (Å²) in [5.74, 6) is 1.88. The number of fused-ring (bicyclic) bond motifs is 3. The maximum Gasteiger partial charge on any atom is 0.0642 e. The van der Waals surface area contributed by atoms with Gasteiger partial charge in [-0.1, -0.05) is 28.8 Å². The van der Waals surface area contributed by atoms with Crippen LogP contribution in [0.4, 0.5) is 0 Å². The van der Waals surface area contributed by atoms with Crippen molar-refractivity contribution in [2.24, 2.45) is 11.8 Å². The third-order valence-electron chi connectivity index (χ3n) is 4.30. The van der Waals surface area contributed by atoms with E-state index in [1.165, 1.54) is 38.5 Å². The van der Waals surface area contributed by atoms with Crippen molar-refractivity contribution in [2.75, 3.05) is 0 Å². The van der Waals surface area contributed by atoms with Crippen LogP contribution in [0.15, 0.2) is 0 Å². The summed E-state index contributed by atoms with van der Waals surface area (Å²) in [6, 6.07) is 0.823. The molecule has 3 aliphatic rings. The summed E-state index contributed by atoms with van der Waals surface area (Å²) >= 11 is 3.67. The molecule has 14 heavy (non-hydrogen) atoms. The van der Waals surface area contributed by atoms with Crippen LogP contribution in [0.1, 0.15) is 38.5 Å². The van der Waals surface area contributed by atoms with Gasteiger partial charge >= 0.3 is 0 Å². The van der Waals surface area contributed by atoms with Crippen molar-refractivity contribution >= 4 is 15.9 Å². The van der Waals surface area contributed by atoms with Crippen molar-refractivity contribution in [1.29, 1.82) is 0 Å². The highest BCUT2D eigenvalue weighted by atomic mass is 79.9. The first kappa shape index (κ1) is 9.61. The number of hydrogen-bond acceptors (Lipinski definition) is 2. The summed E-state index contributed by atoms with van der Waals surface area (Å²) in [4.78, 5) is 0.538. The Balaban J connectivity index is 1.74. The van der Waals surface area contributed by atoms with Crippen molar-refractivity contribution in [3.05, 3.63) is 0 Å². The van der Waals surface area contributed by atoms with E-state index in [9.17, 15) is 0 Å². The number of halogens is 1. The molecule has 3 rings (SSSR count). The van der Waals surface area contributed by atoms with Crippen LogP contribution in [0.2, 0.25) is 0 Å². The van der Waals surface area contributed by atoms with Crippen molar-refractivity contribution in [3.63, 3.8) is 0 Å². The van der Waals surface area contributed by atoms with Gasteiger partial charge in [-0.2, -0.15) is 0 Å². The number of hydrogen-bond donors (Lipinski definition) is 2. The maximum absolute atomic E-state index is 3.78. The summed E-state index contributed by atoms with van der Waals surface area (Å²) in [7, 11) is 0. The van der Waals surface area contributed by atoms with E-state index in [-0.39, 0.29) is 0 Å². The molecule has 3 heteroatoms. The summed E-state index contributed by atoms with van der Waals surface area (Å²) in [6.45, 7) is 0. The number of alkyl halides is 1. The van der Waals surface area contributed by atoms with Crippen LogP contribution in [0.5, 0.6) is 0 Å². The minimum Gasteiger partial charge on any atom is -0.299 e. The molecule has 5 atom stereocenters. The third kappa shape index (κ3) is 1.54. The Morgan fingerprint density at radius 3 is 2.64 bits per heavy atom. The molecule has 0 radical (unpaired) electrons. The second-order valence-corrected chi connectivity index (χ2v) is 6.18. The van der Waals surface area contributed by atoms with Crippen LogP contribution < -0.4 is 10.6 Å². The fourth-order valence-electron chi connectivity index (χ4n) is 3.65. The van der Waals surface area contributed by atoms with Gasteiger partial charge in [0.15, 0.2) is 0 Å². The van der Waals surface area contributed by atoms with Gasteiger partial charge in [0, 0.05) is 6.04 Å². The zero-order chi connectivity index (χ0) is 9.54. The highest BCUT2D eigenvalue weighted by Crippen LogP contribution is 2.41. The smallest absolute Gasteiger partial charge is 0.0642 e. The van der Waals surface area contributed by atoms with Crippen molar-refractivity contribution in [1.82, 2.24) is 10.6 Å². The number of nitrogens with one attached hydrogen (secondary N) is 2. The van der Waals surface area contributed by atoms with Gasteiger partial charge in [-0.15, -0.1) is 0 Å². The molecule has 0 aromatic heterocycles. The van der Waals surface area contributed by atoms with Gasteiger partial charge in [0.1, 0.15) is 0 Å². The van der Waals surface area contributed by atoms with Crippen LogP contribution in [-0.4, -0.2) is 17.2 Å². The molecule has 0 aromatic carbocycles. The highest BCUT2D eigenvalue weighted by Gasteiger charge is 2.45. The normalized spacial score (nSPS) is 52.5. The molecule has 0 amide bonds. The van der Waals surface area contributed by atoms with Crippen LogP contribution >= 0.6 is 15.9 Å². The van der Waals surface area contributed by atoms with E-state index in [2.05, 4.69) is 26.6 Å². The van der Waals surface area contributed by atoms with E-state index < -0.39 is 0 Å². The van der Waals surface area contributed by atoms with Gasteiger partial charge < -0.3 is 0 Å². The summed E-state index contributed by atoms with van der Waals surface area (Å²) in [5, 5.41) is 7.42. The first-order valence-corrected chi connectivity index (χ1v) is 6.92. The monoisotopic (exact) mass is 258 g/mol. The fraction of sp³-hybridized carbons (Fsp3) is 1.00. The fourth-order valence-corrected chi connectivity index (χ4v) is 4.20. The number of piperidine rings is 1. The molecule has 5 unspecified atom stereocenters. The van der Waals surface area contributed by atoms with Crippen LogP contribution in [0, 0.1) is 11.8 Å². The highest BCUT2D eigenvalue weighted by molar-refractivity contribution is 9.09. The Morgan fingerprint density at radius 2 is 1.71 bits per heavy atom. The lowest BCUT2D eigenvalue weighted by atomic mass is 9.77. The van der Waals surface area contributed by atoms with E-state index in [1.54, 1.807) is 0 Å². The molecule has 0 aromatic rings. The average molecular weight is 259 g/mol. The van der Waals surface area contributed by atoms with E-state index in [4.69, 9.17) is 0 Å². The predicted molar refractivity (Wildman–Crippen MR) is 61.2 cm³/mol. The van der Waals surface area contributed by atoms with Crippen molar-refractivity contribution in [3.8, 4) is 0 Å². The Kier molecular flexibility index (Phi) is 2.58. The molecule has 2 saturated heterocycles. The minimum absolute atomic E-state index is 0.538. The zero-order valence-corrected chi connectivity index (χ0v) is 10.1. The molecule has 80 valence electrons. The number of rotatable bonds is 0. The van der Waals surface area contributed by atoms with E-state index in [0.29, 0.717) is 11.1 Å². The average Bonchev–Trinajstić information content (AvgIpc) is 2.54. The Labute approximate surface area is 94.3 Å². The lowest BCUT2D eigenvalue weighted by Crippen LogP contribution is -2.49. The SMILES string of the molecule is BrC1CCC2C(N1)NC1CCCCC12. The minimum atomic E-state index is 0.538. The van der Waals surface area contributed by atoms with Gasteiger partial charge in [0.25, 0.3) is 0 Å². The molecule has 2 nitrogen and oxygen atoms in total. The van der Waals surface area contributed by atoms with Gasteiger partial charge in [-0.3, -0.25) is 10.6 Å². The molecule has 0 bridgehead atoms. The van der Waals surface area contributed by atoms with Crippen molar-refractivity contribution < 1.29 is 0 Å². The molecule has 0 spiro atoms. The van der Waals surface area contributed by atoms with Crippen LogP contribution in [-0.2, 0) is 0 Å². The van der Waals surface area contributed by atoms with Crippen LogP contribution in [0.3, 0.4) is 0 Å². The quantitative estimate of drug-likeness (QED) is 0.514. The lowest BCUT2D eigenvalue weighted by Gasteiger charge is -2.33. The molecule has 2 heterocycles. The Bertz CT molecular complexity index is 221. The summed E-state index contributed by atoms with van der Waals surface area (Å²) < 4.78 is 0. The van der Waals surface area contributed by atoms with Gasteiger partial charge in [-0.25, -0.2) is 0 Å². The molecular formula is C11H19BrN2. The molecule has 2 N–H and O–H groups in total. The molecule has 1 saturated carbocycles. The Hall–Kier alpha value is 0.400. The third-order valence-corrected chi connectivity index (χ3v) is 5.03. The largest absolute Gasteiger partial charge is 0.299 e. The lowest BCUT2D eigenvalue weighted by molar-refractivity contribution is 0.218. The standard InChI is InChI=1S/C11H19BrN2/c12-10-6-5-8-7-3-1-2-4-9(7)13-11(8)14-10/h7-11,13-14H,1-6H2. The second-order valence-electron chi connectivity index (χ2n) is 5.07. The second kappa shape index (κ2) is 3.76. The first-order chi connectivity index (χ1) is 6.84. The predicted octanol–water partition coefficient (Wildman–Crippen LogP) is 2.20. The van der Waals surface area contributed by atoms with E-state index in [1.807, 2.05) is 0 Å². The Morgan fingerprint density at radius 1 is 0.857 bits per heavy atom. The van der Waals surface area contributed by atoms with E-state index in [0.717, 1.165) is 17.9 Å². The topological polar surface area (TPSA) is 24.1 Å². The van der Waals surface area contributed by atoms with Crippen LogP contribution in [0.25, 0.3) is 0 Å². The molecule has 2 aliphatic heterocycles. The zero-order valence-electron chi connectivity index (χ0n) is 8.51. The summed E-state index contributed by atoms with van der Waals surface area (Å²) in [6.07, 6.45) is 9.07.